The number of rotatable bonds is 4. The van der Waals surface area contributed by atoms with Crippen LogP contribution in [0.4, 0.5) is 0 Å². The van der Waals surface area contributed by atoms with Crippen LogP contribution in [0.15, 0.2) is 24.3 Å². The van der Waals surface area contributed by atoms with E-state index in [1.165, 1.54) is 28.0 Å². The van der Waals surface area contributed by atoms with E-state index in [-0.39, 0.29) is 6.04 Å². The first-order valence-corrected chi connectivity index (χ1v) is 7.77. The second-order valence-corrected chi connectivity index (χ2v) is 6.98. The van der Waals surface area contributed by atoms with Crippen molar-refractivity contribution in [2.45, 2.75) is 26.3 Å². The molecule has 2 rings (SSSR count). The zero-order valence-electron chi connectivity index (χ0n) is 11.3. The van der Waals surface area contributed by atoms with E-state index in [1.807, 2.05) is 13.1 Å². The van der Waals surface area contributed by atoms with Crippen LogP contribution in [0.25, 0.3) is 0 Å². The fraction of sp³-hybridized carbons (Fsp3) is 0.333. The number of halogens is 2. The lowest BCUT2D eigenvalue weighted by Gasteiger charge is -2.18. The Morgan fingerprint density at radius 2 is 1.84 bits per heavy atom. The monoisotopic (exact) mass is 313 g/mol. The van der Waals surface area contributed by atoms with Crippen LogP contribution in [0.5, 0.6) is 0 Å². The van der Waals surface area contributed by atoms with E-state index in [0.717, 1.165) is 20.7 Å². The maximum atomic E-state index is 6.26. The van der Waals surface area contributed by atoms with Crippen LogP contribution < -0.4 is 5.32 Å². The van der Waals surface area contributed by atoms with Crippen molar-refractivity contribution < 1.29 is 0 Å². The quantitative estimate of drug-likeness (QED) is 0.820. The molecule has 1 heterocycles. The van der Waals surface area contributed by atoms with E-state index >= 15 is 0 Å². The summed E-state index contributed by atoms with van der Waals surface area (Å²) in [6.45, 7) is 4.30. The van der Waals surface area contributed by atoms with Crippen LogP contribution in [0.1, 0.15) is 28.3 Å². The van der Waals surface area contributed by atoms with Gasteiger partial charge in [-0.2, -0.15) is 0 Å². The molecule has 0 aliphatic carbocycles. The number of likely N-dealkylation sites (N-methyl/N-ethyl adjacent to an activating group) is 1. The molecule has 1 atom stereocenters. The molecule has 0 amide bonds. The second kappa shape index (κ2) is 6.27. The SMILES string of the molecule is CNC(Cc1c(C)cccc1C)c1cc(Cl)sc1Cl. The van der Waals surface area contributed by atoms with Gasteiger partial charge in [0, 0.05) is 11.6 Å². The third kappa shape index (κ3) is 3.32. The minimum Gasteiger partial charge on any atom is -0.313 e. The van der Waals surface area contributed by atoms with E-state index in [9.17, 15) is 0 Å². The number of thiophene rings is 1. The van der Waals surface area contributed by atoms with Crippen LogP contribution in [-0.4, -0.2) is 7.05 Å². The van der Waals surface area contributed by atoms with E-state index in [1.54, 1.807) is 0 Å². The Bertz CT molecular complexity index is 557. The molecule has 1 nitrogen and oxygen atoms in total. The number of nitrogens with one attached hydrogen (secondary N) is 1. The van der Waals surface area contributed by atoms with Crippen molar-refractivity contribution in [1.29, 1.82) is 0 Å². The molecule has 102 valence electrons. The number of hydrogen-bond donors (Lipinski definition) is 1. The van der Waals surface area contributed by atoms with Crippen LogP contribution in [0.2, 0.25) is 8.67 Å². The smallest absolute Gasteiger partial charge is 0.0992 e. The maximum absolute atomic E-state index is 6.26. The summed E-state index contributed by atoms with van der Waals surface area (Å²) < 4.78 is 1.51. The highest BCUT2D eigenvalue weighted by Crippen LogP contribution is 2.36. The Morgan fingerprint density at radius 1 is 1.21 bits per heavy atom. The van der Waals surface area contributed by atoms with Crippen LogP contribution in [0, 0.1) is 13.8 Å². The summed E-state index contributed by atoms with van der Waals surface area (Å²) in [6, 6.07) is 8.55. The molecule has 1 unspecified atom stereocenters. The van der Waals surface area contributed by atoms with Gasteiger partial charge in [-0.15, -0.1) is 11.3 Å². The first-order chi connectivity index (χ1) is 9.02. The predicted molar refractivity (Wildman–Crippen MR) is 85.8 cm³/mol. The maximum Gasteiger partial charge on any atom is 0.0992 e. The molecule has 1 N–H and O–H groups in total. The van der Waals surface area contributed by atoms with E-state index < -0.39 is 0 Å². The van der Waals surface area contributed by atoms with Gasteiger partial charge in [-0.25, -0.2) is 0 Å². The molecule has 0 radical (unpaired) electrons. The first-order valence-electron chi connectivity index (χ1n) is 6.20. The van der Waals surface area contributed by atoms with Gasteiger partial charge < -0.3 is 5.32 Å². The largest absolute Gasteiger partial charge is 0.313 e. The third-order valence-corrected chi connectivity index (χ3v) is 4.98. The molecular formula is C15H17Cl2NS. The Hall–Kier alpha value is -0.540. The summed E-state index contributed by atoms with van der Waals surface area (Å²) in [7, 11) is 1.96. The van der Waals surface area contributed by atoms with Crippen LogP contribution >= 0.6 is 34.5 Å². The summed E-state index contributed by atoms with van der Waals surface area (Å²) >= 11 is 13.7. The van der Waals surface area contributed by atoms with Crippen LogP contribution in [-0.2, 0) is 6.42 Å². The lowest BCUT2D eigenvalue weighted by molar-refractivity contribution is 0.591. The van der Waals surface area contributed by atoms with Crippen molar-refractivity contribution in [3.8, 4) is 0 Å². The van der Waals surface area contributed by atoms with E-state index in [2.05, 4.69) is 37.4 Å². The highest BCUT2D eigenvalue weighted by Gasteiger charge is 2.18. The molecule has 2 aromatic rings. The van der Waals surface area contributed by atoms with E-state index in [0.29, 0.717) is 0 Å². The molecule has 0 saturated carbocycles. The van der Waals surface area contributed by atoms with Crippen molar-refractivity contribution in [2.24, 2.45) is 0 Å². The number of aryl methyl sites for hydroxylation is 2. The van der Waals surface area contributed by atoms with Crippen molar-refractivity contribution in [2.75, 3.05) is 7.05 Å². The van der Waals surface area contributed by atoms with Crippen molar-refractivity contribution >= 4 is 34.5 Å². The summed E-state index contributed by atoms with van der Waals surface area (Å²) in [4.78, 5) is 0. The first kappa shape index (κ1) is 14.9. The minimum atomic E-state index is 0.191. The van der Waals surface area contributed by atoms with Crippen molar-refractivity contribution in [1.82, 2.24) is 5.32 Å². The average molecular weight is 314 g/mol. The van der Waals surface area contributed by atoms with Gasteiger partial charge in [-0.3, -0.25) is 0 Å². The minimum absolute atomic E-state index is 0.191. The predicted octanol–water partition coefficient (Wildman–Crippen LogP) is 5.17. The molecule has 0 bridgehead atoms. The lowest BCUT2D eigenvalue weighted by atomic mass is 9.94. The van der Waals surface area contributed by atoms with Gasteiger partial charge in [-0.05, 0) is 50.1 Å². The molecule has 1 aromatic carbocycles. The molecule has 1 aromatic heterocycles. The van der Waals surface area contributed by atoms with Gasteiger partial charge in [0.1, 0.15) is 0 Å². The molecule has 0 fully saturated rings. The second-order valence-electron chi connectivity index (χ2n) is 4.70. The van der Waals surface area contributed by atoms with E-state index in [4.69, 9.17) is 23.2 Å². The third-order valence-electron chi connectivity index (χ3n) is 3.46. The molecule has 0 aliphatic rings. The highest BCUT2D eigenvalue weighted by atomic mass is 35.5. The average Bonchev–Trinajstić information content (AvgIpc) is 2.68. The normalized spacial score (nSPS) is 12.7. The summed E-state index contributed by atoms with van der Waals surface area (Å²) in [5.74, 6) is 0. The molecular weight excluding hydrogens is 297 g/mol. The standard InChI is InChI=1S/C15H17Cl2NS/c1-9-5-4-6-10(2)11(9)7-13(18-3)12-8-14(16)19-15(12)17/h4-6,8,13,18H,7H2,1-3H3. The van der Waals surface area contributed by atoms with Gasteiger partial charge in [0.25, 0.3) is 0 Å². The Labute approximate surface area is 128 Å². The molecule has 0 saturated heterocycles. The summed E-state index contributed by atoms with van der Waals surface area (Å²) in [6.07, 6.45) is 0.918. The topological polar surface area (TPSA) is 12.0 Å². The molecule has 4 heteroatoms. The molecule has 19 heavy (non-hydrogen) atoms. The number of benzene rings is 1. The Morgan fingerprint density at radius 3 is 2.32 bits per heavy atom. The fourth-order valence-corrected chi connectivity index (χ4v) is 3.91. The van der Waals surface area contributed by atoms with Gasteiger partial charge in [0.05, 0.1) is 8.67 Å². The molecule has 0 aliphatic heterocycles. The number of hydrogen-bond acceptors (Lipinski definition) is 2. The fourth-order valence-electron chi connectivity index (χ4n) is 2.33. The highest BCUT2D eigenvalue weighted by molar-refractivity contribution is 7.20. The summed E-state index contributed by atoms with van der Waals surface area (Å²) in [5, 5.41) is 3.34. The van der Waals surface area contributed by atoms with Crippen molar-refractivity contribution in [3.05, 3.63) is 55.2 Å². The molecule has 0 spiro atoms. The van der Waals surface area contributed by atoms with Gasteiger partial charge in [0.15, 0.2) is 0 Å². The van der Waals surface area contributed by atoms with Crippen LogP contribution in [0.3, 0.4) is 0 Å². The Kier molecular flexibility index (Phi) is 4.91. The van der Waals surface area contributed by atoms with Gasteiger partial charge >= 0.3 is 0 Å². The zero-order valence-corrected chi connectivity index (χ0v) is 13.6. The van der Waals surface area contributed by atoms with Gasteiger partial charge in [0.2, 0.25) is 0 Å². The Balaban J connectivity index is 2.32. The zero-order chi connectivity index (χ0) is 14.0. The summed E-state index contributed by atoms with van der Waals surface area (Å²) in [5.41, 5.74) is 5.09. The van der Waals surface area contributed by atoms with Gasteiger partial charge in [-0.1, -0.05) is 41.4 Å². The lowest BCUT2D eigenvalue weighted by Crippen LogP contribution is -2.19. The van der Waals surface area contributed by atoms with Crippen molar-refractivity contribution in [3.63, 3.8) is 0 Å².